The van der Waals surface area contributed by atoms with Crippen molar-refractivity contribution in [1.82, 2.24) is 25.3 Å². The molecule has 0 aliphatic carbocycles. The minimum Gasteiger partial charge on any atom is -0.465 e. The van der Waals surface area contributed by atoms with Gasteiger partial charge < -0.3 is 29.6 Å². The van der Waals surface area contributed by atoms with E-state index in [1.165, 1.54) is 0 Å². The van der Waals surface area contributed by atoms with Crippen molar-refractivity contribution >= 4 is 24.2 Å². The van der Waals surface area contributed by atoms with E-state index < -0.39 is 0 Å². The van der Waals surface area contributed by atoms with Crippen molar-refractivity contribution in [1.29, 1.82) is 0 Å². The van der Waals surface area contributed by atoms with E-state index in [9.17, 15) is 19.2 Å². The van der Waals surface area contributed by atoms with Gasteiger partial charge in [-0.1, -0.05) is 36.8 Å². The van der Waals surface area contributed by atoms with Crippen LogP contribution in [0.15, 0.2) is 30.3 Å². The van der Waals surface area contributed by atoms with E-state index in [0.717, 1.165) is 31.1 Å². The lowest BCUT2D eigenvalue weighted by atomic mass is 10.1. The number of hydrogen-bond donors (Lipinski definition) is 2. The fourth-order valence-electron chi connectivity index (χ4n) is 5.18. The van der Waals surface area contributed by atoms with Crippen LogP contribution in [0.4, 0.5) is 0 Å². The molecule has 1 aromatic rings. The summed E-state index contributed by atoms with van der Waals surface area (Å²) in [7, 11) is 0. The number of aldehydes is 1. The molecule has 2 unspecified atom stereocenters. The molecule has 1 heterocycles. The molecule has 0 bridgehead atoms. The lowest BCUT2D eigenvalue weighted by Gasteiger charge is -2.33. The van der Waals surface area contributed by atoms with E-state index in [2.05, 4.69) is 15.5 Å². The van der Waals surface area contributed by atoms with Crippen LogP contribution in [0.5, 0.6) is 0 Å². The molecule has 2 atom stereocenters. The van der Waals surface area contributed by atoms with Gasteiger partial charge in [-0.3, -0.25) is 29.1 Å². The Morgan fingerprint density at radius 2 is 1.34 bits per heavy atom. The molecule has 0 spiro atoms. The second-order valence-electron chi connectivity index (χ2n) is 10.8. The summed E-state index contributed by atoms with van der Waals surface area (Å²) in [6.45, 7) is 11.6. The van der Waals surface area contributed by atoms with E-state index in [4.69, 9.17) is 14.2 Å². The molecule has 12 heteroatoms. The summed E-state index contributed by atoms with van der Waals surface area (Å²) in [5, 5.41) is 6.99. The van der Waals surface area contributed by atoms with E-state index in [1.807, 2.05) is 40.1 Å². The van der Waals surface area contributed by atoms with Gasteiger partial charge in [0.1, 0.15) is 6.29 Å². The number of hydrogen-bond acceptors (Lipinski definition) is 12. The molecule has 1 aromatic carbocycles. The Morgan fingerprint density at radius 1 is 0.818 bits per heavy atom. The zero-order valence-corrected chi connectivity index (χ0v) is 26.8. The third-order valence-corrected chi connectivity index (χ3v) is 7.42. The Labute approximate surface area is 262 Å². The van der Waals surface area contributed by atoms with Gasteiger partial charge >= 0.3 is 17.9 Å². The van der Waals surface area contributed by atoms with Crippen LogP contribution in [0, 0.1) is 0 Å². The van der Waals surface area contributed by atoms with Gasteiger partial charge in [-0.25, -0.2) is 0 Å². The Morgan fingerprint density at radius 3 is 1.89 bits per heavy atom. The molecule has 44 heavy (non-hydrogen) atoms. The Hall–Kier alpha value is -2.90. The molecule has 0 amide bonds. The normalized spacial score (nSPS) is 18.4. The molecule has 1 aliphatic heterocycles. The van der Waals surface area contributed by atoms with Crippen molar-refractivity contribution in [3.8, 4) is 0 Å². The van der Waals surface area contributed by atoms with Gasteiger partial charge in [0.15, 0.2) is 0 Å². The van der Waals surface area contributed by atoms with Crippen molar-refractivity contribution in [2.24, 2.45) is 0 Å². The van der Waals surface area contributed by atoms with Crippen LogP contribution in [0.25, 0.3) is 0 Å². The number of rotatable bonds is 17. The standard InChI is InChI=1S/C32H53N5O7/c1-4-42-30(39)23-35-17-16-33-28(14-10-11-15-34-29(26-38)27-12-8-7-9-13-27)22-37(25-32(41)44-6-3)21-20-36(19-18-35)24-31(40)43-5-2/h7-9,12-13,26,28-29,33-34H,4-6,10-11,14-25H2,1-3H3. The summed E-state index contributed by atoms with van der Waals surface area (Å²) in [5.74, 6) is -0.850. The molecule has 12 nitrogen and oxygen atoms in total. The average Bonchev–Trinajstić information content (AvgIpc) is 2.99. The largest absolute Gasteiger partial charge is 0.465 e. The van der Waals surface area contributed by atoms with E-state index in [0.29, 0.717) is 72.2 Å². The highest BCUT2D eigenvalue weighted by atomic mass is 16.5. The third kappa shape index (κ3) is 15.7. The highest BCUT2D eigenvalue weighted by Crippen LogP contribution is 2.11. The third-order valence-electron chi connectivity index (χ3n) is 7.42. The number of unbranched alkanes of at least 4 members (excludes halogenated alkanes) is 1. The maximum Gasteiger partial charge on any atom is 0.320 e. The Kier molecular flexibility index (Phi) is 19.1. The lowest BCUT2D eigenvalue weighted by molar-refractivity contribution is -0.146. The predicted molar refractivity (Wildman–Crippen MR) is 168 cm³/mol. The van der Waals surface area contributed by atoms with E-state index in [1.54, 1.807) is 20.8 Å². The fraction of sp³-hybridized carbons (Fsp3) is 0.688. The summed E-state index contributed by atoms with van der Waals surface area (Å²) < 4.78 is 15.7. The zero-order chi connectivity index (χ0) is 32.0. The molecule has 1 saturated heterocycles. The van der Waals surface area contributed by atoms with Crippen LogP contribution in [0.2, 0.25) is 0 Å². The summed E-state index contributed by atoms with van der Waals surface area (Å²) in [5.41, 5.74) is 0.947. The molecule has 1 aliphatic rings. The molecule has 0 radical (unpaired) electrons. The molecule has 2 rings (SSSR count). The number of nitrogens with one attached hydrogen (secondary N) is 2. The van der Waals surface area contributed by atoms with Crippen LogP contribution in [-0.4, -0.2) is 137 Å². The average molecular weight is 620 g/mol. The van der Waals surface area contributed by atoms with Crippen molar-refractivity contribution in [2.75, 3.05) is 91.8 Å². The molecule has 0 aromatic heterocycles. The number of benzene rings is 1. The predicted octanol–water partition coefficient (Wildman–Crippen LogP) is 1.25. The lowest BCUT2D eigenvalue weighted by Crippen LogP contribution is -2.50. The number of carbonyl (C=O) groups excluding carboxylic acids is 4. The van der Waals surface area contributed by atoms with Gasteiger partial charge in [0, 0.05) is 51.9 Å². The smallest absolute Gasteiger partial charge is 0.320 e. The number of nitrogens with zero attached hydrogens (tertiary/aromatic N) is 3. The van der Waals surface area contributed by atoms with Crippen molar-refractivity contribution < 1.29 is 33.4 Å². The monoisotopic (exact) mass is 619 g/mol. The van der Waals surface area contributed by atoms with Gasteiger partial charge in [-0.05, 0) is 45.7 Å². The quantitative estimate of drug-likeness (QED) is 0.113. The first-order chi connectivity index (χ1) is 21.4. The highest BCUT2D eigenvalue weighted by Gasteiger charge is 2.22. The summed E-state index contributed by atoms with van der Waals surface area (Å²) in [4.78, 5) is 54.9. The Balaban J connectivity index is 2.08. The topological polar surface area (TPSA) is 130 Å². The van der Waals surface area contributed by atoms with Crippen LogP contribution >= 0.6 is 0 Å². The fourth-order valence-corrected chi connectivity index (χ4v) is 5.18. The second-order valence-corrected chi connectivity index (χ2v) is 10.8. The van der Waals surface area contributed by atoms with Crippen molar-refractivity contribution in [3.63, 3.8) is 0 Å². The van der Waals surface area contributed by atoms with E-state index in [-0.39, 0.29) is 49.6 Å². The molecule has 248 valence electrons. The molecule has 1 fully saturated rings. The number of carbonyl (C=O) groups is 4. The zero-order valence-electron chi connectivity index (χ0n) is 26.8. The second kappa shape index (κ2) is 22.6. The van der Waals surface area contributed by atoms with Gasteiger partial charge in [0.05, 0.1) is 45.5 Å². The SMILES string of the molecule is CCOC(=O)CN1CCNC(CCCCNC(C=O)c2ccccc2)CN(CC(=O)OCC)CCN(CC(=O)OCC)CC1. The van der Waals surface area contributed by atoms with Crippen molar-refractivity contribution in [2.45, 2.75) is 52.1 Å². The summed E-state index contributed by atoms with van der Waals surface area (Å²) in [6.07, 6.45) is 3.60. The van der Waals surface area contributed by atoms with Crippen LogP contribution < -0.4 is 10.6 Å². The molecule has 0 saturated carbocycles. The van der Waals surface area contributed by atoms with Gasteiger partial charge in [0.2, 0.25) is 0 Å². The first-order valence-corrected chi connectivity index (χ1v) is 16.0. The van der Waals surface area contributed by atoms with Gasteiger partial charge in [-0.15, -0.1) is 0 Å². The summed E-state index contributed by atoms with van der Waals surface area (Å²) in [6, 6.07) is 9.42. The molecule has 2 N–H and O–H groups in total. The van der Waals surface area contributed by atoms with Crippen LogP contribution in [0.1, 0.15) is 51.6 Å². The molecular formula is C32H53N5O7. The minimum atomic E-state index is -0.335. The minimum absolute atomic E-state index is 0.0859. The maximum atomic E-state index is 12.5. The highest BCUT2D eigenvalue weighted by molar-refractivity contribution is 5.72. The Bertz CT molecular complexity index is 968. The number of esters is 3. The van der Waals surface area contributed by atoms with Gasteiger partial charge in [0.25, 0.3) is 0 Å². The van der Waals surface area contributed by atoms with Crippen LogP contribution in [0.3, 0.4) is 0 Å². The number of ether oxygens (including phenoxy) is 3. The maximum absolute atomic E-state index is 12.5. The molecular weight excluding hydrogens is 566 g/mol. The first kappa shape index (κ1) is 37.3. The van der Waals surface area contributed by atoms with Crippen molar-refractivity contribution in [3.05, 3.63) is 35.9 Å². The first-order valence-electron chi connectivity index (χ1n) is 16.0. The van der Waals surface area contributed by atoms with E-state index >= 15 is 0 Å². The summed E-state index contributed by atoms with van der Waals surface area (Å²) >= 11 is 0. The van der Waals surface area contributed by atoms with Gasteiger partial charge in [-0.2, -0.15) is 0 Å². The van der Waals surface area contributed by atoms with Crippen LogP contribution in [-0.2, 0) is 33.4 Å².